The molecule has 110 valence electrons. The van der Waals surface area contributed by atoms with Crippen molar-refractivity contribution >= 4 is 22.8 Å². The number of allylic oxidation sites excluding steroid dienone is 2. The molecule has 0 spiro atoms. The Bertz CT molecular complexity index is 684. The van der Waals surface area contributed by atoms with Gasteiger partial charge in [0.2, 0.25) is 0 Å². The van der Waals surface area contributed by atoms with Gasteiger partial charge >= 0.3 is 0 Å². The van der Waals surface area contributed by atoms with E-state index in [-0.39, 0.29) is 5.71 Å². The standard InChI is InChI=1S/C16H20N4O/c1-4-21-16-8-15(12(18)7-13(16)19)20-14-6-5-11(17)9(2)10(14)3/h5-8,19H,4,17-18H2,1-3H3. The van der Waals surface area contributed by atoms with Gasteiger partial charge in [0, 0.05) is 11.8 Å². The van der Waals surface area contributed by atoms with E-state index in [4.69, 9.17) is 21.6 Å². The zero-order valence-electron chi connectivity index (χ0n) is 12.5. The zero-order valence-corrected chi connectivity index (χ0v) is 12.5. The normalized spacial score (nSPS) is 16.7. The second-order valence-electron chi connectivity index (χ2n) is 4.88. The summed E-state index contributed by atoms with van der Waals surface area (Å²) in [5.41, 5.74) is 16.7. The van der Waals surface area contributed by atoms with Crippen LogP contribution < -0.4 is 11.5 Å². The molecule has 0 amide bonds. The Morgan fingerprint density at radius 1 is 1.14 bits per heavy atom. The van der Waals surface area contributed by atoms with Crippen molar-refractivity contribution in [2.24, 2.45) is 10.7 Å². The highest BCUT2D eigenvalue weighted by atomic mass is 16.5. The Hall–Kier alpha value is -2.56. The summed E-state index contributed by atoms with van der Waals surface area (Å²) in [5.74, 6) is 0.482. The van der Waals surface area contributed by atoms with Crippen molar-refractivity contribution in [1.29, 1.82) is 5.41 Å². The average Bonchev–Trinajstić information content (AvgIpc) is 2.44. The molecule has 0 aromatic heterocycles. The van der Waals surface area contributed by atoms with E-state index >= 15 is 0 Å². The Morgan fingerprint density at radius 2 is 1.86 bits per heavy atom. The average molecular weight is 284 g/mol. The first kappa shape index (κ1) is 14.8. The molecule has 0 bridgehead atoms. The lowest BCUT2D eigenvalue weighted by molar-refractivity contribution is 0.250. The second-order valence-corrected chi connectivity index (χ2v) is 4.88. The third-order valence-electron chi connectivity index (χ3n) is 3.47. The van der Waals surface area contributed by atoms with Gasteiger partial charge < -0.3 is 16.2 Å². The van der Waals surface area contributed by atoms with Gasteiger partial charge in [0.05, 0.1) is 29.4 Å². The fourth-order valence-corrected chi connectivity index (χ4v) is 2.04. The maximum atomic E-state index is 7.83. The first-order chi connectivity index (χ1) is 9.93. The summed E-state index contributed by atoms with van der Waals surface area (Å²) in [6, 6.07) is 3.70. The number of aliphatic imine (C=N–C) groups is 1. The molecule has 21 heavy (non-hydrogen) atoms. The monoisotopic (exact) mass is 284 g/mol. The van der Waals surface area contributed by atoms with Gasteiger partial charge in [-0.3, -0.25) is 5.41 Å². The first-order valence-electron chi connectivity index (χ1n) is 6.79. The van der Waals surface area contributed by atoms with Crippen LogP contribution in [0.15, 0.2) is 40.7 Å². The zero-order chi connectivity index (χ0) is 15.6. The second kappa shape index (κ2) is 5.83. The lowest BCUT2D eigenvalue weighted by Crippen LogP contribution is -2.19. The van der Waals surface area contributed by atoms with Gasteiger partial charge in [-0.2, -0.15) is 0 Å². The molecule has 1 aromatic carbocycles. The van der Waals surface area contributed by atoms with Gasteiger partial charge in [-0.1, -0.05) is 0 Å². The molecule has 2 rings (SSSR count). The first-order valence-corrected chi connectivity index (χ1v) is 6.79. The lowest BCUT2D eigenvalue weighted by Gasteiger charge is -2.15. The quantitative estimate of drug-likeness (QED) is 0.588. The van der Waals surface area contributed by atoms with Gasteiger partial charge in [-0.05, 0) is 50.1 Å². The van der Waals surface area contributed by atoms with Crippen molar-refractivity contribution in [3.63, 3.8) is 0 Å². The molecule has 0 aliphatic heterocycles. The van der Waals surface area contributed by atoms with Crippen molar-refractivity contribution in [2.75, 3.05) is 12.3 Å². The lowest BCUT2D eigenvalue weighted by atomic mass is 10.0. The molecule has 0 unspecified atom stereocenters. The van der Waals surface area contributed by atoms with Crippen LogP contribution in [0.4, 0.5) is 11.4 Å². The minimum atomic E-state index is 0.263. The van der Waals surface area contributed by atoms with Crippen LogP contribution >= 0.6 is 0 Å². The summed E-state index contributed by atoms with van der Waals surface area (Å²) >= 11 is 0. The number of benzene rings is 1. The van der Waals surface area contributed by atoms with Crippen LogP contribution in [0, 0.1) is 19.3 Å². The molecule has 5 N–H and O–H groups in total. The van der Waals surface area contributed by atoms with E-state index < -0.39 is 0 Å². The Kier molecular flexibility index (Phi) is 4.12. The van der Waals surface area contributed by atoms with E-state index in [9.17, 15) is 0 Å². The van der Waals surface area contributed by atoms with Gasteiger partial charge in [0.25, 0.3) is 0 Å². The van der Waals surface area contributed by atoms with E-state index in [0.29, 0.717) is 23.8 Å². The number of nitrogens with one attached hydrogen (secondary N) is 1. The predicted molar refractivity (Wildman–Crippen MR) is 87.1 cm³/mol. The van der Waals surface area contributed by atoms with Crippen molar-refractivity contribution in [3.05, 3.63) is 46.9 Å². The fourth-order valence-electron chi connectivity index (χ4n) is 2.04. The number of hydrogen-bond acceptors (Lipinski definition) is 5. The highest BCUT2D eigenvalue weighted by molar-refractivity contribution is 6.22. The fraction of sp³-hybridized carbons (Fsp3) is 0.250. The molecular formula is C16H20N4O. The van der Waals surface area contributed by atoms with Crippen LogP contribution in [0.5, 0.6) is 0 Å². The minimum absolute atomic E-state index is 0.263. The molecule has 1 aliphatic carbocycles. The molecule has 5 heteroatoms. The van der Waals surface area contributed by atoms with Crippen LogP contribution in [-0.2, 0) is 4.74 Å². The van der Waals surface area contributed by atoms with Gasteiger partial charge in [0.1, 0.15) is 5.76 Å². The van der Waals surface area contributed by atoms with Crippen molar-refractivity contribution < 1.29 is 4.74 Å². The van der Waals surface area contributed by atoms with Crippen molar-refractivity contribution in [3.8, 4) is 0 Å². The summed E-state index contributed by atoms with van der Waals surface area (Å²) in [7, 11) is 0. The molecule has 5 nitrogen and oxygen atoms in total. The summed E-state index contributed by atoms with van der Waals surface area (Å²) in [6.45, 7) is 6.31. The number of ether oxygens (including phenoxy) is 1. The third kappa shape index (κ3) is 2.97. The van der Waals surface area contributed by atoms with E-state index in [1.807, 2.05) is 32.9 Å². The SMILES string of the molecule is CCOC1=CC(=Nc2ccc(N)c(C)c2C)C(N)=CC1=N. The molecule has 0 saturated heterocycles. The van der Waals surface area contributed by atoms with E-state index in [1.165, 1.54) is 0 Å². The Balaban J connectivity index is 2.47. The molecule has 0 fully saturated rings. The summed E-state index contributed by atoms with van der Waals surface area (Å²) in [4.78, 5) is 4.58. The number of nitrogens with two attached hydrogens (primary N) is 2. The summed E-state index contributed by atoms with van der Waals surface area (Å²) in [5, 5.41) is 7.83. The van der Waals surface area contributed by atoms with Crippen molar-refractivity contribution in [2.45, 2.75) is 20.8 Å². The molecule has 0 saturated carbocycles. The van der Waals surface area contributed by atoms with Crippen LogP contribution in [0.2, 0.25) is 0 Å². The summed E-state index contributed by atoms with van der Waals surface area (Å²) < 4.78 is 5.42. The highest BCUT2D eigenvalue weighted by Gasteiger charge is 2.16. The molecule has 1 aromatic rings. The van der Waals surface area contributed by atoms with E-state index in [2.05, 4.69) is 4.99 Å². The largest absolute Gasteiger partial charge is 0.492 e. The Morgan fingerprint density at radius 3 is 2.52 bits per heavy atom. The highest BCUT2D eigenvalue weighted by Crippen LogP contribution is 2.27. The minimum Gasteiger partial charge on any atom is -0.492 e. The summed E-state index contributed by atoms with van der Waals surface area (Å²) in [6.07, 6.45) is 3.26. The van der Waals surface area contributed by atoms with Crippen LogP contribution in [-0.4, -0.2) is 18.0 Å². The predicted octanol–water partition coefficient (Wildman–Crippen LogP) is 2.75. The van der Waals surface area contributed by atoms with E-state index in [1.54, 1.807) is 12.2 Å². The van der Waals surface area contributed by atoms with Crippen LogP contribution in [0.3, 0.4) is 0 Å². The van der Waals surface area contributed by atoms with Crippen molar-refractivity contribution in [1.82, 2.24) is 0 Å². The number of rotatable bonds is 3. The number of nitrogens with zero attached hydrogens (tertiary/aromatic N) is 1. The number of anilines is 1. The van der Waals surface area contributed by atoms with Gasteiger partial charge in [-0.15, -0.1) is 0 Å². The van der Waals surface area contributed by atoms with Gasteiger partial charge in [-0.25, -0.2) is 4.99 Å². The molecule has 0 radical (unpaired) electrons. The Labute approximate surface area is 124 Å². The number of nitrogen functional groups attached to an aromatic ring is 1. The van der Waals surface area contributed by atoms with E-state index in [0.717, 1.165) is 22.5 Å². The maximum Gasteiger partial charge on any atom is 0.146 e. The molecule has 0 atom stereocenters. The number of hydrogen-bond donors (Lipinski definition) is 3. The molecular weight excluding hydrogens is 264 g/mol. The topological polar surface area (TPSA) is 97.5 Å². The molecule has 1 aliphatic rings. The molecule has 0 heterocycles. The third-order valence-corrected chi connectivity index (χ3v) is 3.47. The van der Waals surface area contributed by atoms with Crippen LogP contribution in [0.1, 0.15) is 18.1 Å². The smallest absolute Gasteiger partial charge is 0.146 e. The van der Waals surface area contributed by atoms with Gasteiger partial charge in [0.15, 0.2) is 0 Å². The van der Waals surface area contributed by atoms with Crippen LogP contribution in [0.25, 0.3) is 0 Å². The maximum absolute atomic E-state index is 7.83.